The van der Waals surface area contributed by atoms with E-state index in [0.717, 1.165) is 16.6 Å². The summed E-state index contributed by atoms with van der Waals surface area (Å²) >= 11 is 9.89. The van der Waals surface area contributed by atoms with Crippen molar-refractivity contribution in [3.8, 4) is 0 Å². The molecule has 0 saturated heterocycles. The minimum atomic E-state index is -0.325. The van der Waals surface area contributed by atoms with Crippen LogP contribution in [0.15, 0.2) is 51.7 Å². The summed E-state index contributed by atoms with van der Waals surface area (Å²) in [6, 6.07) is 13.4. The summed E-state index contributed by atoms with van der Waals surface area (Å²) < 4.78 is 6.91. The summed E-state index contributed by atoms with van der Waals surface area (Å²) in [5, 5.41) is 0.701. The van der Waals surface area contributed by atoms with E-state index in [1.54, 1.807) is 4.57 Å². The Labute approximate surface area is 135 Å². The molecule has 0 bridgehead atoms. The number of halogens is 2. The van der Waals surface area contributed by atoms with Gasteiger partial charge in [-0.15, -0.1) is 0 Å². The Morgan fingerprint density at radius 3 is 2.76 bits per heavy atom. The number of aryl methyl sites for hydroxylation is 1. The van der Waals surface area contributed by atoms with Crippen LogP contribution in [0.4, 0.5) is 0 Å². The van der Waals surface area contributed by atoms with Crippen LogP contribution in [0.25, 0.3) is 11.1 Å². The first kappa shape index (κ1) is 14.4. The van der Waals surface area contributed by atoms with Gasteiger partial charge in [0, 0.05) is 11.6 Å². The van der Waals surface area contributed by atoms with Crippen LogP contribution in [-0.2, 0) is 6.54 Å². The number of hydrogen-bond donors (Lipinski definition) is 0. The van der Waals surface area contributed by atoms with E-state index in [4.69, 9.17) is 16.0 Å². The molecule has 5 heteroatoms. The van der Waals surface area contributed by atoms with Gasteiger partial charge in [-0.05, 0) is 36.2 Å². The standard InChI is InChI=1S/C16H13BrClNO2/c1-2-19-13-8-7-10(9-14(13)21-16(19)20)15(17)11-5-3-4-6-12(11)18/h3-9,15H,2H2,1H3. The van der Waals surface area contributed by atoms with Crippen LogP contribution < -0.4 is 5.76 Å². The largest absolute Gasteiger partial charge is 0.419 e. The Balaban J connectivity index is 2.09. The first-order valence-corrected chi connectivity index (χ1v) is 7.93. The molecule has 2 aromatic carbocycles. The highest BCUT2D eigenvalue weighted by Gasteiger charge is 2.16. The second-order valence-electron chi connectivity index (χ2n) is 4.72. The fourth-order valence-corrected chi connectivity index (χ4v) is 3.46. The third-order valence-electron chi connectivity index (χ3n) is 3.48. The Morgan fingerprint density at radius 1 is 1.29 bits per heavy atom. The number of benzene rings is 2. The lowest BCUT2D eigenvalue weighted by Gasteiger charge is -2.12. The quantitative estimate of drug-likeness (QED) is 0.627. The summed E-state index contributed by atoms with van der Waals surface area (Å²) in [6.45, 7) is 2.51. The summed E-state index contributed by atoms with van der Waals surface area (Å²) in [4.78, 5) is 11.7. The van der Waals surface area contributed by atoms with Gasteiger partial charge in [-0.3, -0.25) is 4.57 Å². The lowest BCUT2D eigenvalue weighted by Crippen LogP contribution is -2.11. The Kier molecular flexibility index (Phi) is 3.91. The highest BCUT2D eigenvalue weighted by molar-refractivity contribution is 9.09. The summed E-state index contributed by atoms with van der Waals surface area (Å²) in [7, 11) is 0. The number of aromatic nitrogens is 1. The van der Waals surface area contributed by atoms with Crippen molar-refractivity contribution in [3.63, 3.8) is 0 Å². The van der Waals surface area contributed by atoms with Crippen LogP contribution in [0.1, 0.15) is 22.9 Å². The third-order valence-corrected chi connectivity index (χ3v) is 4.85. The predicted octanol–water partition coefficient (Wildman–Crippen LogP) is 4.75. The number of nitrogens with zero attached hydrogens (tertiary/aromatic N) is 1. The SMILES string of the molecule is CCn1c(=O)oc2cc(C(Br)c3ccccc3Cl)ccc21. The number of fused-ring (bicyclic) bond motifs is 1. The molecule has 1 unspecified atom stereocenters. The Bertz CT molecular complexity index is 853. The van der Waals surface area contributed by atoms with Crippen LogP contribution in [0.5, 0.6) is 0 Å². The molecular formula is C16H13BrClNO2. The maximum Gasteiger partial charge on any atom is 0.419 e. The zero-order valence-electron chi connectivity index (χ0n) is 11.3. The molecule has 0 saturated carbocycles. The van der Waals surface area contributed by atoms with Gasteiger partial charge in [0.25, 0.3) is 0 Å². The van der Waals surface area contributed by atoms with Crippen molar-refractivity contribution in [2.75, 3.05) is 0 Å². The van der Waals surface area contributed by atoms with Gasteiger partial charge in [0.05, 0.1) is 10.3 Å². The topological polar surface area (TPSA) is 35.1 Å². The number of rotatable bonds is 3. The van der Waals surface area contributed by atoms with Crippen molar-refractivity contribution < 1.29 is 4.42 Å². The van der Waals surface area contributed by atoms with E-state index >= 15 is 0 Å². The van der Waals surface area contributed by atoms with Crippen molar-refractivity contribution >= 4 is 38.6 Å². The summed E-state index contributed by atoms with van der Waals surface area (Å²) in [5.41, 5.74) is 3.38. The number of alkyl halides is 1. The van der Waals surface area contributed by atoms with E-state index in [-0.39, 0.29) is 10.6 Å². The van der Waals surface area contributed by atoms with E-state index in [0.29, 0.717) is 17.2 Å². The number of oxazole rings is 1. The first-order chi connectivity index (χ1) is 10.1. The minimum Gasteiger partial charge on any atom is -0.408 e. The predicted molar refractivity (Wildman–Crippen MR) is 88.4 cm³/mol. The van der Waals surface area contributed by atoms with Crippen molar-refractivity contribution in [2.45, 2.75) is 18.3 Å². The molecule has 0 amide bonds. The monoisotopic (exact) mass is 365 g/mol. The van der Waals surface area contributed by atoms with Gasteiger partial charge < -0.3 is 4.42 Å². The van der Waals surface area contributed by atoms with Gasteiger partial charge >= 0.3 is 5.76 Å². The number of hydrogen-bond acceptors (Lipinski definition) is 2. The summed E-state index contributed by atoms with van der Waals surface area (Å²) in [5.74, 6) is -0.325. The van der Waals surface area contributed by atoms with Gasteiger partial charge in [0.1, 0.15) is 0 Å². The van der Waals surface area contributed by atoms with Gasteiger partial charge in [-0.1, -0.05) is 51.8 Å². The smallest absolute Gasteiger partial charge is 0.408 e. The molecule has 1 aromatic heterocycles. The second-order valence-corrected chi connectivity index (χ2v) is 6.05. The fraction of sp³-hybridized carbons (Fsp3) is 0.188. The van der Waals surface area contributed by atoms with Crippen LogP contribution >= 0.6 is 27.5 Å². The average molecular weight is 367 g/mol. The molecule has 0 aliphatic heterocycles. The van der Waals surface area contributed by atoms with Crippen molar-refractivity contribution in [2.24, 2.45) is 0 Å². The molecule has 3 rings (SSSR count). The fourth-order valence-electron chi connectivity index (χ4n) is 2.40. The van der Waals surface area contributed by atoms with E-state index in [1.807, 2.05) is 49.4 Å². The molecule has 0 fully saturated rings. The minimum absolute atomic E-state index is 0.0501. The maximum absolute atomic E-state index is 11.7. The molecule has 21 heavy (non-hydrogen) atoms. The van der Waals surface area contributed by atoms with E-state index in [9.17, 15) is 4.79 Å². The van der Waals surface area contributed by atoms with Crippen LogP contribution in [0.3, 0.4) is 0 Å². The zero-order valence-corrected chi connectivity index (χ0v) is 13.7. The normalized spacial score (nSPS) is 12.7. The lowest BCUT2D eigenvalue weighted by atomic mass is 10.0. The molecule has 0 spiro atoms. The molecule has 0 aliphatic rings. The maximum atomic E-state index is 11.7. The molecule has 0 aliphatic carbocycles. The van der Waals surface area contributed by atoms with Gasteiger partial charge in [0.2, 0.25) is 0 Å². The molecule has 1 heterocycles. The second kappa shape index (κ2) is 5.70. The Morgan fingerprint density at radius 2 is 2.05 bits per heavy atom. The highest BCUT2D eigenvalue weighted by Crippen LogP contribution is 2.36. The molecular weight excluding hydrogens is 354 g/mol. The highest BCUT2D eigenvalue weighted by atomic mass is 79.9. The van der Waals surface area contributed by atoms with Crippen molar-refractivity contribution in [1.29, 1.82) is 0 Å². The van der Waals surface area contributed by atoms with Crippen LogP contribution in [-0.4, -0.2) is 4.57 Å². The average Bonchev–Trinajstić information content (AvgIpc) is 2.81. The van der Waals surface area contributed by atoms with Crippen LogP contribution in [0, 0.1) is 0 Å². The van der Waals surface area contributed by atoms with E-state index in [2.05, 4.69) is 15.9 Å². The van der Waals surface area contributed by atoms with Crippen molar-refractivity contribution in [3.05, 3.63) is 69.2 Å². The van der Waals surface area contributed by atoms with E-state index < -0.39 is 0 Å². The van der Waals surface area contributed by atoms with Gasteiger partial charge in [-0.2, -0.15) is 0 Å². The van der Waals surface area contributed by atoms with Gasteiger partial charge in [0.15, 0.2) is 5.58 Å². The van der Waals surface area contributed by atoms with Gasteiger partial charge in [-0.25, -0.2) is 4.79 Å². The van der Waals surface area contributed by atoms with E-state index in [1.165, 1.54) is 0 Å². The van der Waals surface area contributed by atoms with Crippen molar-refractivity contribution in [1.82, 2.24) is 4.57 Å². The lowest BCUT2D eigenvalue weighted by molar-refractivity contribution is 0.513. The first-order valence-electron chi connectivity index (χ1n) is 6.63. The zero-order chi connectivity index (χ0) is 15.0. The van der Waals surface area contributed by atoms with Crippen LogP contribution in [0.2, 0.25) is 5.02 Å². The molecule has 0 radical (unpaired) electrons. The molecule has 108 valence electrons. The Hall–Kier alpha value is -1.52. The molecule has 0 N–H and O–H groups in total. The molecule has 3 nitrogen and oxygen atoms in total. The molecule has 3 aromatic rings. The summed E-state index contributed by atoms with van der Waals surface area (Å²) in [6.07, 6.45) is 0. The molecule has 1 atom stereocenters. The third kappa shape index (κ3) is 2.54.